The van der Waals surface area contributed by atoms with Crippen LogP contribution >= 0.6 is 0 Å². The Labute approximate surface area is 134 Å². The number of carbonyl (C=O) groups excluding carboxylic acids is 2. The highest BCUT2D eigenvalue weighted by molar-refractivity contribution is 7.91. The van der Waals surface area contributed by atoms with E-state index in [0.717, 1.165) is 12.8 Å². The number of hydrogen-bond donors (Lipinski definition) is 1. The summed E-state index contributed by atoms with van der Waals surface area (Å²) < 4.78 is 30.1. The zero-order valence-corrected chi connectivity index (χ0v) is 13.6. The molecular weight excluding hydrogens is 322 g/mol. The second-order valence-electron chi connectivity index (χ2n) is 5.40. The number of hydrogen-bond acceptors (Lipinski definition) is 6. The van der Waals surface area contributed by atoms with E-state index in [2.05, 4.69) is 0 Å². The van der Waals surface area contributed by atoms with Gasteiger partial charge in [-0.25, -0.2) is 8.42 Å². The maximum absolute atomic E-state index is 12.3. The van der Waals surface area contributed by atoms with Gasteiger partial charge in [0.1, 0.15) is 5.75 Å². The second-order valence-corrected chi connectivity index (χ2v) is 7.43. The zero-order chi connectivity index (χ0) is 17.0. The van der Waals surface area contributed by atoms with Crippen LogP contribution in [0, 0.1) is 5.92 Å². The van der Waals surface area contributed by atoms with Crippen molar-refractivity contribution in [3.05, 3.63) is 24.3 Å². The minimum atomic E-state index is -3.73. The Hall–Kier alpha value is -1.93. The summed E-state index contributed by atoms with van der Waals surface area (Å²) >= 11 is 0. The molecule has 126 valence electrons. The lowest BCUT2D eigenvalue weighted by Crippen LogP contribution is -2.29. The van der Waals surface area contributed by atoms with Gasteiger partial charge < -0.3 is 4.74 Å². The van der Waals surface area contributed by atoms with Gasteiger partial charge in [-0.15, -0.1) is 0 Å². The minimum Gasteiger partial charge on any atom is -0.494 e. The Kier molecular flexibility index (Phi) is 5.38. The van der Waals surface area contributed by atoms with Crippen LogP contribution < -0.4 is 4.74 Å². The van der Waals surface area contributed by atoms with Gasteiger partial charge in [0, 0.05) is 6.42 Å². The predicted octanol–water partition coefficient (Wildman–Crippen LogP) is 1.40. The number of imide groups is 1. The molecule has 1 fully saturated rings. The molecule has 0 spiro atoms. The molecule has 1 N–H and O–H groups in total. The fourth-order valence-electron chi connectivity index (χ4n) is 2.25. The molecule has 1 unspecified atom stereocenters. The van der Waals surface area contributed by atoms with Gasteiger partial charge in [-0.05, 0) is 30.7 Å². The van der Waals surface area contributed by atoms with Crippen molar-refractivity contribution in [2.45, 2.75) is 31.1 Å². The first-order valence-corrected chi connectivity index (χ1v) is 9.01. The van der Waals surface area contributed by atoms with Crippen LogP contribution in [-0.2, 0) is 19.4 Å². The summed E-state index contributed by atoms with van der Waals surface area (Å²) in [5.74, 6) is -2.64. The molecule has 0 bridgehead atoms. The average Bonchev–Trinajstić information content (AvgIpc) is 2.75. The average molecular weight is 341 g/mol. The third-order valence-electron chi connectivity index (χ3n) is 3.59. The summed E-state index contributed by atoms with van der Waals surface area (Å²) in [6, 6.07) is 5.94. The number of hydroxylamine groups is 2. The Morgan fingerprint density at radius 2 is 1.91 bits per heavy atom. The molecular formula is C15H19NO6S. The molecule has 7 nitrogen and oxygen atoms in total. The standard InChI is InChI=1S/C15H19NO6S/c1-2-3-8-22-12-4-6-13(7-5-12)23(20,21)10-11-9-14(17)16(19)15(11)18/h4-7,11,19H,2-3,8-10H2,1H3. The fraction of sp³-hybridized carbons (Fsp3) is 0.467. The van der Waals surface area contributed by atoms with E-state index in [1.807, 2.05) is 6.92 Å². The monoisotopic (exact) mass is 341 g/mol. The molecule has 0 radical (unpaired) electrons. The van der Waals surface area contributed by atoms with Gasteiger partial charge in [0.2, 0.25) is 0 Å². The molecule has 2 amide bonds. The topological polar surface area (TPSA) is 101 Å². The van der Waals surface area contributed by atoms with Crippen molar-refractivity contribution in [1.82, 2.24) is 5.06 Å². The lowest BCUT2D eigenvalue weighted by molar-refractivity contribution is -0.172. The van der Waals surface area contributed by atoms with Gasteiger partial charge in [-0.3, -0.25) is 14.8 Å². The van der Waals surface area contributed by atoms with Crippen LogP contribution in [0.5, 0.6) is 5.75 Å². The van der Waals surface area contributed by atoms with Gasteiger partial charge >= 0.3 is 0 Å². The van der Waals surface area contributed by atoms with E-state index in [1.54, 1.807) is 12.1 Å². The summed E-state index contributed by atoms with van der Waals surface area (Å²) in [7, 11) is -3.73. The Balaban J connectivity index is 2.05. The summed E-state index contributed by atoms with van der Waals surface area (Å²) in [5, 5.41) is 9.16. The van der Waals surface area contributed by atoms with Crippen molar-refractivity contribution in [3.8, 4) is 5.75 Å². The van der Waals surface area contributed by atoms with E-state index in [0.29, 0.717) is 12.4 Å². The summed E-state index contributed by atoms with van der Waals surface area (Å²) in [5.41, 5.74) is 0. The minimum absolute atomic E-state index is 0.00907. The molecule has 2 rings (SSSR count). The predicted molar refractivity (Wildman–Crippen MR) is 80.6 cm³/mol. The van der Waals surface area contributed by atoms with E-state index in [9.17, 15) is 18.0 Å². The molecule has 1 aliphatic heterocycles. The highest BCUT2D eigenvalue weighted by atomic mass is 32.2. The van der Waals surface area contributed by atoms with Crippen molar-refractivity contribution < 1.29 is 28.0 Å². The molecule has 1 saturated heterocycles. The van der Waals surface area contributed by atoms with E-state index >= 15 is 0 Å². The van der Waals surface area contributed by atoms with Crippen LogP contribution in [0.3, 0.4) is 0 Å². The maximum atomic E-state index is 12.3. The van der Waals surface area contributed by atoms with E-state index in [-0.39, 0.29) is 16.4 Å². The summed E-state index contributed by atoms with van der Waals surface area (Å²) in [6.07, 6.45) is 1.62. The molecule has 1 aliphatic rings. The van der Waals surface area contributed by atoms with Crippen LogP contribution in [0.2, 0.25) is 0 Å². The van der Waals surface area contributed by atoms with Crippen LogP contribution in [-0.4, -0.2) is 42.9 Å². The van der Waals surface area contributed by atoms with Crippen molar-refractivity contribution in [3.63, 3.8) is 0 Å². The number of carbonyl (C=O) groups is 2. The second kappa shape index (κ2) is 7.10. The molecule has 8 heteroatoms. The largest absolute Gasteiger partial charge is 0.494 e. The van der Waals surface area contributed by atoms with Crippen molar-refractivity contribution >= 4 is 21.7 Å². The third kappa shape index (κ3) is 4.08. The van der Waals surface area contributed by atoms with Gasteiger partial charge in [-0.2, -0.15) is 5.06 Å². The molecule has 0 saturated carbocycles. The lowest BCUT2D eigenvalue weighted by atomic mass is 10.1. The smallest absolute Gasteiger partial charge is 0.257 e. The van der Waals surface area contributed by atoms with E-state index in [4.69, 9.17) is 9.94 Å². The molecule has 1 aromatic carbocycles. The molecule has 0 aliphatic carbocycles. The number of benzene rings is 1. The molecule has 1 heterocycles. The Bertz CT molecular complexity index is 682. The molecule has 1 atom stereocenters. The van der Waals surface area contributed by atoms with E-state index < -0.39 is 33.3 Å². The number of ether oxygens (including phenoxy) is 1. The van der Waals surface area contributed by atoms with Gasteiger partial charge in [-0.1, -0.05) is 13.3 Å². The van der Waals surface area contributed by atoms with Gasteiger partial charge in [0.15, 0.2) is 9.84 Å². The van der Waals surface area contributed by atoms with Crippen molar-refractivity contribution in [1.29, 1.82) is 0 Å². The third-order valence-corrected chi connectivity index (χ3v) is 5.42. The normalized spacial score (nSPS) is 18.5. The van der Waals surface area contributed by atoms with Gasteiger partial charge in [0.25, 0.3) is 11.8 Å². The van der Waals surface area contributed by atoms with Crippen molar-refractivity contribution in [2.75, 3.05) is 12.4 Å². The number of nitrogens with zero attached hydrogens (tertiary/aromatic N) is 1. The Morgan fingerprint density at radius 3 is 2.43 bits per heavy atom. The Morgan fingerprint density at radius 1 is 1.26 bits per heavy atom. The number of unbranched alkanes of at least 4 members (excludes halogenated alkanes) is 1. The fourth-order valence-corrected chi connectivity index (χ4v) is 3.78. The molecule has 23 heavy (non-hydrogen) atoms. The first-order chi connectivity index (χ1) is 10.8. The van der Waals surface area contributed by atoms with Crippen LogP contribution in [0.15, 0.2) is 29.2 Å². The highest BCUT2D eigenvalue weighted by Crippen LogP contribution is 2.24. The SMILES string of the molecule is CCCCOc1ccc(S(=O)(=O)CC2CC(=O)N(O)C2=O)cc1. The summed E-state index contributed by atoms with van der Waals surface area (Å²) in [4.78, 5) is 22.9. The van der Waals surface area contributed by atoms with Crippen LogP contribution in [0.4, 0.5) is 0 Å². The first kappa shape index (κ1) is 17.4. The number of amides is 2. The van der Waals surface area contributed by atoms with Gasteiger partial charge in [0.05, 0.1) is 23.2 Å². The molecule has 1 aromatic rings. The zero-order valence-electron chi connectivity index (χ0n) is 12.8. The number of sulfone groups is 1. The summed E-state index contributed by atoms with van der Waals surface area (Å²) in [6.45, 7) is 2.61. The quantitative estimate of drug-likeness (QED) is 0.457. The van der Waals surface area contributed by atoms with Crippen molar-refractivity contribution in [2.24, 2.45) is 5.92 Å². The number of rotatable bonds is 7. The maximum Gasteiger partial charge on any atom is 0.257 e. The highest BCUT2D eigenvalue weighted by Gasteiger charge is 2.40. The lowest BCUT2D eigenvalue weighted by Gasteiger charge is -2.10. The van der Waals surface area contributed by atoms with Crippen LogP contribution in [0.1, 0.15) is 26.2 Å². The first-order valence-electron chi connectivity index (χ1n) is 7.36. The molecule has 0 aromatic heterocycles. The van der Waals surface area contributed by atoms with E-state index in [1.165, 1.54) is 12.1 Å². The van der Waals surface area contributed by atoms with Crippen LogP contribution in [0.25, 0.3) is 0 Å².